The van der Waals surface area contributed by atoms with Gasteiger partial charge < -0.3 is 0 Å². The van der Waals surface area contributed by atoms with Crippen molar-refractivity contribution in [2.24, 2.45) is 0 Å². The second-order valence-electron chi connectivity index (χ2n) is 4.27. The third-order valence-electron chi connectivity index (χ3n) is 2.72. The maximum absolute atomic E-state index is 5.76. The Kier molecular flexibility index (Phi) is 13.5. The monoisotopic (exact) mass is 267 g/mol. The van der Waals surface area contributed by atoms with Crippen LogP contribution in [0.2, 0.25) is 6.04 Å². The van der Waals surface area contributed by atoms with E-state index >= 15 is 0 Å². The molecule has 0 rings (SSSR count). The van der Waals surface area contributed by atoms with Crippen LogP contribution in [-0.2, 0) is 0 Å². The molecule has 0 aromatic heterocycles. The molecule has 0 aliphatic carbocycles. The van der Waals surface area contributed by atoms with E-state index in [2.05, 4.69) is 6.92 Å². The zero-order chi connectivity index (χ0) is 11.4. The molecule has 91 valence electrons. The van der Waals surface area contributed by atoms with Gasteiger partial charge in [-0.1, -0.05) is 71.1 Å². The fraction of sp³-hybridized carbons (Fsp3) is 1.00. The molecule has 1 radical (unpaired) electrons. The standard InChI is InChI=1S/C12H25Cl2Si/c1-2-3-4-5-6-7-8-9-10-11-12-15(13)14/h2-12H2,1H3. The quantitative estimate of drug-likeness (QED) is 0.249. The summed E-state index contributed by atoms with van der Waals surface area (Å²) in [6, 6.07) is 1.06. The smallest absolute Gasteiger partial charge is 0.147 e. The van der Waals surface area contributed by atoms with Crippen molar-refractivity contribution in [3.63, 3.8) is 0 Å². The minimum atomic E-state index is -0.997. The molecule has 0 aromatic carbocycles. The summed E-state index contributed by atoms with van der Waals surface area (Å²) in [5.74, 6) is 0. The van der Waals surface area contributed by atoms with Crippen LogP contribution in [-0.4, -0.2) is 7.42 Å². The molecule has 0 unspecified atom stereocenters. The van der Waals surface area contributed by atoms with Crippen LogP contribution in [0.25, 0.3) is 0 Å². The molecule has 0 aromatic rings. The van der Waals surface area contributed by atoms with Gasteiger partial charge in [0.15, 0.2) is 0 Å². The number of hydrogen-bond acceptors (Lipinski definition) is 0. The molecule has 0 fully saturated rings. The second kappa shape index (κ2) is 12.9. The average Bonchev–Trinajstić information content (AvgIpc) is 2.20. The van der Waals surface area contributed by atoms with Crippen LogP contribution in [0.4, 0.5) is 0 Å². The van der Waals surface area contributed by atoms with Gasteiger partial charge in [-0.2, -0.15) is 0 Å². The van der Waals surface area contributed by atoms with Crippen LogP contribution in [0, 0.1) is 0 Å². The maximum atomic E-state index is 5.76. The highest BCUT2D eigenvalue weighted by Gasteiger charge is 2.01. The van der Waals surface area contributed by atoms with Crippen LogP contribution in [0.5, 0.6) is 0 Å². The van der Waals surface area contributed by atoms with Crippen molar-refractivity contribution in [2.45, 2.75) is 77.2 Å². The van der Waals surface area contributed by atoms with E-state index in [4.69, 9.17) is 22.2 Å². The molecule has 0 atom stereocenters. The Morgan fingerprint density at radius 1 is 0.667 bits per heavy atom. The lowest BCUT2D eigenvalue weighted by Gasteiger charge is -2.01. The maximum Gasteiger partial charge on any atom is 0.273 e. The second-order valence-corrected chi connectivity index (χ2v) is 8.77. The Morgan fingerprint density at radius 3 is 1.47 bits per heavy atom. The van der Waals surface area contributed by atoms with Crippen LogP contribution < -0.4 is 0 Å². The summed E-state index contributed by atoms with van der Waals surface area (Å²) in [7, 11) is -0.997. The third kappa shape index (κ3) is 14.8. The van der Waals surface area contributed by atoms with Crippen molar-refractivity contribution >= 4 is 29.6 Å². The highest BCUT2D eigenvalue weighted by atomic mass is 35.7. The minimum Gasteiger partial charge on any atom is -0.147 e. The van der Waals surface area contributed by atoms with E-state index in [1.54, 1.807) is 0 Å². The van der Waals surface area contributed by atoms with Gasteiger partial charge >= 0.3 is 0 Å². The van der Waals surface area contributed by atoms with Crippen LogP contribution in [0.3, 0.4) is 0 Å². The zero-order valence-electron chi connectivity index (χ0n) is 10.0. The van der Waals surface area contributed by atoms with Crippen LogP contribution in [0.1, 0.15) is 71.1 Å². The van der Waals surface area contributed by atoms with Gasteiger partial charge in [-0.3, -0.25) is 0 Å². The van der Waals surface area contributed by atoms with Crippen molar-refractivity contribution in [1.29, 1.82) is 0 Å². The van der Waals surface area contributed by atoms with Gasteiger partial charge in [-0.15, -0.1) is 22.2 Å². The Morgan fingerprint density at radius 2 is 1.07 bits per heavy atom. The van der Waals surface area contributed by atoms with Gasteiger partial charge in [0.1, 0.15) is 0 Å². The van der Waals surface area contributed by atoms with Crippen LogP contribution >= 0.6 is 22.2 Å². The van der Waals surface area contributed by atoms with E-state index in [1.165, 1.54) is 64.2 Å². The van der Waals surface area contributed by atoms with E-state index in [0.717, 1.165) is 6.04 Å². The number of rotatable bonds is 11. The van der Waals surface area contributed by atoms with Gasteiger partial charge in [0, 0.05) is 0 Å². The highest BCUT2D eigenvalue weighted by molar-refractivity contribution is 7.33. The first-order valence-electron chi connectivity index (χ1n) is 6.44. The molecule has 0 saturated carbocycles. The first-order chi connectivity index (χ1) is 7.27. The van der Waals surface area contributed by atoms with Crippen molar-refractivity contribution in [1.82, 2.24) is 0 Å². The molecule has 0 N–H and O–H groups in total. The van der Waals surface area contributed by atoms with Gasteiger partial charge in [0.05, 0.1) is 0 Å². The normalized spacial score (nSPS) is 11.2. The molecule has 0 spiro atoms. The molecule has 0 amide bonds. The van der Waals surface area contributed by atoms with E-state index in [-0.39, 0.29) is 0 Å². The molecule has 3 heteroatoms. The SMILES string of the molecule is CCCCCCCCCCCC[Si](Cl)Cl. The highest BCUT2D eigenvalue weighted by Crippen LogP contribution is 2.13. The largest absolute Gasteiger partial charge is 0.273 e. The summed E-state index contributed by atoms with van der Waals surface area (Å²) in [6.45, 7) is 2.27. The topological polar surface area (TPSA) is 0 Å². The fourth-order valence-electron chi connectivity index (χ4n) is 1.75. The van der Waals surface area contributed by atoms with Gasteiger partial charge in [-0.25, -0.2) is 0 Å². The van der Waals surface area contributed by atoms with Crippen molar-refractivity contribution in [3.05, 3.63) is 0 Å². The summed E-state index contributed by atoms with van der Waals surface area (Å²) in [6.07, 6.45) is 13.8. The molecule has 15 heavy (non-hydrogen) atoms. The minimum absolute atomic E-state index is 0.997. The summed E-state index contributed by atoms with van der Waals surface area (Å²) in [5.41, 5.74) is 0. The fourth-order valence-corrected chi connectivity index (χ4v) is 3.07. The predicted molar refractivity (Wildman–Crippen MR) is 74.1 cm³/mol. The number of unbranched alkanes of at least 4 members (excludes halogenated alkanes) is 9. The molecule has 0 bridgehead atoms. The molecular formula is C12H25Cl2Si. The van der Waals surface area contributed by atoms with Crippen LogP contribution in [0.15, 0.2) is 0 Å². The Balaban J connectivity index is 2.87. The predicted octanol–water partition coefficient (Wildman–Crippen LogP) is 5.87. The summed E-state index contributed by atoms with van der Waals surface area (Å²) < 4.78 is 0. The third-order valence-corrected chi connectivity index (χ3v) is 4.58. The van der Waals surface area contributed by atoms with E-state index in [0.29, 0.717) is 0 Å². The Hall–Kier alpha value is 0.797. The van der Waals surface area contributed by atoms with Crippen molar-refractivity contribution in [2.75, 3.05) is 0 Å². The summed E-state index contributed by atoms with van der Waals surface area (Å²) in [4.78, 5) is 0. The molecular weight excluding hydrogens is 243 g/mol. The molecule has 0 heterocycles. The van der Waals surface area contributed by atoms with Gasteiger partial charge in [0.25, 0.3) is 7.42 Å². The van der Waals surface area contributed by atoms with Crippen molar-refractivity contribution in [3.8, 4) is 0 Å². The molecule has 0 aliphatic rings. The Labute approximate surface area is 107 Å². The lowest BCUT2D eigenvalue weighted by molar-refractivity contribution is 0.562. The summed E-state index contributed by atoms with van der Waals surface area (Å²) in [5, 5.41) is 0. The molecule has 0 nitrogen and oxygen atoms in total. The summed E-state index contributed by atoms with van der Waals surface area (Å²) >= 11 is 11.5. The lowest BCUT2D eigenvalue weighted by atomic mass is 10.1. The molecule has 0 aliphatic heterocycles. The first kappa shape index (κ1) is 15.8. The van der Waals surface area contributed by atoms with E-state index < -0.39 is 7.42 Å². The van der Waals surface area contributed by atoms with Gasteiger partial charge in [-0.05, 0) is 6.04 Å². The number of hydrogen-bond donors (Lipinski definition) is 0. The number of halogens is 2. The van der Waals surface area contributed by atoms with E-state index in [1.807, 2.05) is 0 Å². The van der Waals surface area contributed by atoms with Gasteiger partial charge in [0.2, 0.25) is 0 Å². The first-order valence-corrected chi connectivity index (χ1v) is 10.2. The lowest BCUT2D eigenvalue weighted by Crippen LogP contribution is -1.91. The van der Waals surface area contributed by atoms with E-state index in [9.17, 15) is 0 Å². The zero-order valence-corrected chi connectivity index (χ0v) is 12.5. The molecule has 0 saturated heterocycles. The van der Waals surface area contributed by atoms with Crippen molar-refractivity contribution < 1.29 is 0 Å². The average molecular weight is 268 g/mol. The Bertz CT molecular complexity index is 118.